The minimum absolute atomic E-state index is 0.314. The molecule has 0 spiro atoms. The molecule has 0 aliphatic carbocycles. The van der Waals surface area contributed by atoms with E-state index >= 15 is 0 Å². The van der Waals surface area contributed by atoms with Gasteiger partial charge in [0.15, 0.2) is 0 Å². The van der Waals surface area contributed by atoms with Gasteiger partial charge in [-0.1, -0.05) is 12.1 Å². The van der Waals surface area contributed by atoms with Crippen molar-refractivity contribution in [2.24, 2.45) is 5.84 Å². The van der Waals surface area contributed by atoms with Gasteiger partial charge in [-0.15, -0.1) is 0 Å². The van der Waals surface area contributed by atoms with Gasteiger partial charge in [-0.05, 0) is 40.9 Å². The second-order valence-corrected chi connectivity index (χ2v) is 4.69. The number of hydrogen-bond acceptors (Lipinski definition) is 3. The van der Waals surface area contributed by atoms with Crippen LogP contribution in [0, 0.1) is 5.82 Å². The topological polar surface area (TPSA) is 47.3 Å². The van der Waals surface area contributed by atoms with E-state index in [-0.39, 0.29) is 5.82 Å². The highest BCUT2D eigenvalue weighted by atomic mass is 79.9. The Balaban J connectivity index is 2.34. The smallest absolute Gasteiger partial charge is 0.142 e. The van der Waals surface area contributed by atoms with Gasteiger partial charge >= 0.3 is 0 Å². The third-order valence-electron chi connectivity index (χ3n) is 2.71. The van der Waals surface area contributed by atoms with Crippen LogP contribution in [0.15, 0.2) is 34.5 Å². The fourth-order valence-electron chi connectivity index (χ4n) is 1.85. The third-order valence-corrected chi connectivity index (χ3v) is 3.32. The Morgan fingerprint density at radius 1 is 1.47 bits per heavy atom. The van der Waals surface area contributed by atoms with Crippen LogP contribution < -0.4 is 11.3 Å². The third kappa shape index (κ3) is 2.68. The van der Waals surface area contributed by atoms with Crippen LogP contribution >= 0.6 is 15.9 Å². The van der Waals surface area contributed by atoms with Gasteiger partial charge in [-0.2, -0.15) is 0 Å². The highest BCUT2D eigenvalue weighted by Crippen LogP contribution is 2.30. The maximum absolute atomic E-state index is 14.0. The maximum atomic E-state index is 14.0. The van der Waals surface area contributed by atoms with Gasteiger partial charge in [0.05, 0.1) is 11.1 Å². The number of halogens is 2. The standard InChI is InChI=1S/C12H14BrFN2O/c13-9-5-3-4-8(11(9)14)12(16-15)10-6-1-2-7-17-10/h3-6,12,16H,1-2,7,15H2. The number of rotatable bonds is 3. The molecule has 92 valence electrons. The molecular formula is C12H14BrFN2O. The molecule has 1 atom stereocenters. The lowest BCUT2D eigenvalue weighted by Gasteiger charge is -2.24. The first-order valence-electron chi connectivity index (χ1n) is 5.47. The molecule has 0 fully saturated rings. The summed E-state index contributed by atoms with van der Waals surface area (Å²) in [6.45, 7) is 0.652. The fraction of sp³-hybridized carbons (Fsp3) is 0.333. The number of nitrogens with two attached hydrogens (primary N) is 1. The average molecular weight is 301 g/mol. The van der Waals surface area contributed by atoms with E-state index in [1.807, 2.05) is 6.08 Å². The number of ether oxygens (including phenoxy) is 1. The first-order chi connectivity index (χ1) is 8.24. The predicted octanol–water partition coefficient (Wildman–Crippen LogP) is 2.79. The van der Waals surface area contributed by atoms with Crippen molar-refractivity contribution in [2.75, 3.05) is 6.61 Å². The highest BCUT2D eigenvalue weighted by molar-refractivity contribution is 9.10. The van der Waals surface area contributed by atoms with E-state index in [1.165, 1.54) is 0 Å². The van der Waals surface area contributed by atoms with Crippen molar-refractivity contribution in [1.29, 1.82) is 0 Å². The van der Waals surface area contributed by atoms with E-state index in [2.05, 4.69) is 21.4 Å². The summed E-state index contributed by atoms with van der Waals surface area (Å²) in [7, 11) is 0. The summed E-state index contributed by atoms with van der Waals surface area (Å²) >= 11 is 3.16. The molecule has 17 heavy (non-hydrogen) atoms. The molecule has 0 saturated carbocycles. The van der Waals surface area contributed by atoms with Gasteiger partial charge < -0.3 is 4.74 Å². The summed E-state index contributed by atoms with van der Waals surface area (Å²) in [4.78, 5) is 0. The fourth-order valence-corrected chi connectivity index (χ4v) is 2.23. The van der Waals surface area contributed by atoms with E-state index in [1.54, 1.807) is 18.2 Å². The number of hydrazine groups is 1. The Labute approximate surface area is 108 Å². The largest absolute Gasteiger partial charge is 0.496 e. The highest BCUT2D eigenvalue weighted by Gasteiger charge is 2.22. The van der Waals surface area contributed by atoms with Crippen molar-refractivity contribution in [2.45, 2.75) is 18.9 Å². The van der Waals surface area contributed by atoms with Crippen molar-refractivity contribution in [1.82, 2.24) is 5.43 Å². The summed E-state index contributed by atoms with van der Waals surface area (Å²) in [5.74, 6) is 5.88. The zero-order valence-corrected chi connectivity index (χ0v) is 10.8. The molecule has 3 nitrogen and oxygen atoms in total. The molecule has 0 radical (unpaired) electrons. The Hall–Kier alpha value is -0.910. The lowest BCUT2D eigenvalue weighted by molar-refractivity contribution is 0.167. The average Bonchev–Trinajstić information content (AvgIpc) is 2.37. The Morgan fingerprint density at radius 3 is 2.94 bits per heavy atom. The summed E-state index contributed by atoms with van der Waals surface area (Å²) in [6, 6.07) is 4.69. The van der Waals surface area contributed by atoms with Crippen LogP contribution in [0.4, 0.5) is 4.39 Å². The molecule has 0 bridgehead atoms. The van der Waals surface area contributed by atoms with Gasteiger partial charge in [0, 0.05) is 5.56 Å². The molecule has 0 aromatic heterocycles. The van der Waals surface area contributed by atoms with Crippen LogP contribution in [0.1, 0.15) is 24.4 Å². The molecule has 1 aromatic rings. The second-order valence-electron chi connectivity index (χ2n) is 3.84. The van der Waals surface area contributed by atoms with Crippen LogP contribution in [0.25, 0.3) is 0 Å². The van der Waals surface area contributed by atoms with Crippen molar-refractivity contribution in [3.05, 3.63) is 45.9 Å². The lowest BCUT2D eigenvalue weighted by Crippen LogP contribution is -2.31. The van der Waals surface area contributed by atoms with Gasteiger partial charge in [0.25, 0.3) is 0 Å². The van der Waals surface area contributed by atoms with Crippen molar-refractivity contribution >= 4 is 15.9 Å². The summed E-state index contributed by atoms with van der Waals surface area (Å²) in [5.41, 5.74) is 3.08. The first-order valence-corrected chi connectivity index (χ1v) is 6.26. The maximum Gasteiger partial charge on any atom is 0.142 e. The number of allylic oxidation sites excluding steroid dienone is 1. The number of benzene rings is 1. The van der Waals surface area contributed by atoms with Gasteiger partial charge in [0.1, 0.15) is 17.6 Å². The van der Waals surface area contributed by atoms with E-state index in [4.69, 9.17) is 10.6 Å². The predicted molar refractivity (Wildman–Crippen MR) is 67.4 cm³/mol. The Kier molecular flexibility index (Phi) is 4.15. The quantitative estimate of drug-likeness (QED) is 0.666. The zero-order chi connectivity index (χ0) is 12.3. The van der Waals surface area contributed by atoms with Gasteiger partial charge in [-0.3, -0.25) is 5.84 Å². The summed E-state index contributed by atoms with van der Waals surface area (Å²) in [5, 5.41) is 0. The van der Waals surface area contributed by atoms with E-state index in [9.17, 15) is 4.39 Å². The molecule has 1 heterocycles. The lowest BCUT2D eigenvalue weighted by atomic mass is 10.0. The molecule has 1 aliphatic heterocycles. The molecule has 5 heteroatoms. The first kappa shape index (κ1) is 12.5. The molecule has 3 N–H and O–H groups in total. The van der Waals surface area contributed by atoms with Crippen LogP contribution in [0.3, 0.4) is 0 Å². The molecule has 0 amide bonds. The monoisotopic (exact) mass is 300 g/mol. The van der Waals surface area contributed by atoms with E-state index < -0.39 is 6.04 Å². The Morgan fingerprint density at radius 2 is 2.29 bits per heavy atom. The molecular weight excluding hydrogens is 287 g/mol. The summed E-state index contributed by atoms with van der Waals surface area (Å²) < 4.78 is 19.9. The molecule has 1 aliphatic rings. The van der Waals surface area contributed by atoms with Gasteiger partial charge in [-0.25, -0.2) is 9.82 Å². The van der Waals surface area contributed by atoms with Crippen LogP contribution in [0.2, 0.25) is 0 Å². The number of hydrogen-bond donors (Lipinski definition) is 2. The minimum Gasteiger partial charge on any atom is -0.496 e. The van der Waals surface area contributed by atoms with Crippen molar-refractivity contribution in [3.63, 3.8) is 0 Å². The summed E-state index contributed by atoms with van der Waals surface area (Å²) in [6.07, 6.45) is 3.87. The molecule has 1 unspecified atom stereocenters. The SMILES string of the molecule is NNC(C1=CCCCO1)c1cccc(Br)c1F. The Bertz CT molecular complexity index is 437. The molecule has 2 rings (SSSR count). The zero-order valence-electron chi connectivity index (χ0n) is 9.25. The second kappa shape index (κ2) is 5.62. The molecule has 0 saturated heterocycles. The normalized spacial score (nSPS) is 17.2. The number of nitrogens with one attached hydrogen (secondary N) is 1. The molecule has 1 aromatic carbocycles. The van der Waals surface area contributed by atoms with E-state index in [0.29, 0.717) is 22.4 Å². The van der Waals surface area contributed by atoms with Crippen LogP contribution in [-0.2, 0) is 4.74 Å². The van der Waals surface area contributed by atoms with Crippen molar-refractivity contribution in [3.8, 4) is 0 Å². The van der Waals surface area contributed by atoms with Gasteiger partial charge in [0.2, 0.25) is 0 Å². The van der Waals surface area contributed by atoms with Crippen molar-refractivity contribution < 1.29 is 9.13 Å². The van der Waals surface area contributed by atoms with Crippen LogP contribution in [-0.4, -0.2) is 6.61 Å². The van der Waals surface area contributed by atoms with E-state index in [0.717, 1.165) is 12.8 Å². The minimum atomic E-state index is -0.437. The van der Waals surface area contributed by atoms with Crippen LogP contribution in [0.5, 0.6) is 0 Å².